The summed E-state index contributed by atoms with van der Waals surface area (Å²) in [4.78, 5) is 37.8. The van der Waals surface area contributed by atoms with Gasteiger partial charge in [0.2, 0.25) is 0 Å². The fourth-order valence-corrected chi connectivity index (χ4v) is 8.26. The van der Waals surface area contributed by atoms with Crippen LogP contribution in [-0.4, -0.2) is 37.2 Å². The van der Waals surface area contributed by atoms with Crippen LogP contribution in [0.4, 0.5) is 0 Å². The van der Waals surface area contributed by atoms with Gasteiger partial charge in [-0.25, -0.2) is 0 Å². The Morgan fingerprint density at radius 3 is 0.836 bits per heavy atom. The molecule has 6 heteroatoms. The number of esters is 3. The fraction of sp³-hybridized carbons (Fsp3) is 0.687. The van der Waals surface area contributed by atoms with Gasteiger partial charge in [0.25, 0.3) is 0 Å². The van der Waals surface area contributed by atoms with E-state index >= 15 is 0 Å². The van der Waals surface area contributed by atoms with E-state index < -0.39 is 6.10 Å². The molecule has 0 rings (SSSR count). The summed E-state index contributed by atoms with van der Waals surface area (Å²) in [6.45, 7) is 6.43. The first-order chi connectivity index (χ1) is 36.0. The van der Waals surface area contributed by atoms with E-state index in [4.69, 9.17) is 14.2 Å². The third kappa shape index (κ3) is 58.8. The first-order valence-corrected chi connectivity index (χ1v) is 30.4. The first kappa shape index (κ1) is 69.1. The molecule has 0 aliphatic rings. The molecule has 1 unspecified atom stereocenters. The lowest BCUT2D eigenvalue weighted by Crippen LogP contribution is -2.30. The molecule has 0 spiro atoms. The van der Waals surface area contributed by atoms with E-state index in [0.29, 0.717) is 19.3 Å². The third-order valence-electron chi connectivity index (χ3n) is 12.8. The van der Waals surface area contributed by atoms with Crippen molar-refractivity contribution in [2.75, 3.05) is 13.2 Å². The van der Waals surface area contributed by atoms with Crippen molar-refractivity contribution in [1.29, 1.82) is 0 Å². The highest BCUT2D eigenvalue weighted by molar-refractivity contribution is 5.71. The van der Waals surface area contributed by atoms with E-state index in [2.05, 4.69) is 130 Å². The van der Waals surface area contributed by atoms with E-state index in [1.54, 1.807) is 0 Å². The molecule has 6 nitrogen and oxygen atoms in total. The molecule has 0 amide bonds. The van der Waals surface area contributed by atoms with Gasteiger partial charge in [-0.3, -0.25) is 14.4 Å². The summed E-state index contributed by atoms with van der Waals surface area (Å²) in [5.74, 6) is -0.931. The van der Waals surface area contributed by atoms with Gasteiger partial charge in [0, 0.05) is 19.3 Å². The largest absolute Gasteiger partial charge is 0.462 e. The number of hydrogen-bond donors (Lipinski definition) is 0. The molecule has 0 aliphatic carbocycles. The lowest BCUT2D eigenvalue weighted by molar-refractivity contribution is -0.167. The first-order valence-electron chi connectivity index (χ1n) is 30.4. The maximum Gasteiger partial charge on any atom is 0.306 e. The Morgan fingerprint density at radius 1 is 0.288 bits per heavy atom. The summed E-state index contributed by atoms with van der Waals surface area (Å²) in [6.07, 6.45) is 82.8. The second-order valence-corrected chi connectivity index (χ2v) is 19.9. The second kappa shape index (κ2) is 60.6. The van der Waals surface area contributed by atoms with Gasteiger partial charge in [0.05, 0.1) is 0 Å². The van der Waals surface area contributed by atoms with Crippen molar-refractivity contribution < 1.29 is 28.6 Å². The molecule has 0 aromatic heterocycles. The van der Waals surface area contributed by atoms with E-state index in [1.807, 2.05) is 0 Å². The van der Waals surface area contributed by atoms with Crippen LogP contribution >= 0.6 is 0 Å². The zero-order valence-corrected chi connectivity index (χ0v) is 47.6. The third-order valence-corrected chi connectivity index (χ3v) is 12.8. The van der Waals surface area contributed by atoms with Gasteiger partial charge in [0.15, 0.2) is 6.10 Å². The van der Waals surface area contributed by atoms with Gasteiger partial charge in [-0.15, -0.1) is 0 Å². The summed E-state index contributed by atoms with van der Waals surface area (Å²) in [6, 6.07) is 0. The molecule has 0 saturated carbocycles. The Hall–Kier alpha value is -3.93. The standard InChI is InChI=1S/C67H112O6/c1-4-7-10-13-15-17-19-21-23-25-27-28-29-30-31-32-33-34-35-36-37-38-40-41-43-45-47-49-51-54-57-60-66(69)72-63-64(62-71-65(68)59-56-53-12-9-6-3)73-67(70)61-58-55-52-50-48-46-44-42-39-26-24-22-20-18-16-14-11-8-5-2/h7,10,15,17,21,23,27-28,30-31,33-34,36-37,40-41,45,47,64H,4-6,8-9,11-14,16,18-20,22,24-26,29,32,35,38-39,42-44,46,48-63H2,1-3H3/b10-7-,17-15-,23-21-,28-27-,31-30-,34-33-,37-36-,41-40-,47-45-. The predicted molar refractivity (Wildman–Crippen MR) is 316 cm³/mol. The molecular formula is C67H112O6. The molecule has 0 radical (unpaired) electrons. The Kier molecular flexibility index (Phi) is 57.4. The summed E-state index contributed by atoms with van der Waals surface area (Å²) in [5.41, 5.74) is 0. The van der Waals surface area contributed by atoms with E-state index in [0.717, 1.165) is 128 Å². The van der Waals surface area contributed by atoms with Crippen molar-refractivity contribution in [3.05, 3.63) is 109 Å². The minimum absolute atomic E-state index is 0.0880. The lowest BCUT2D eigenvalue weighted by atomic mass is 10.0. The van der Waals surface area contributed by atoms with Crippen molar-refractivity contribution in [2.45, 2.75) is 284 Å². The molecule has 0 aromatic rings. The predicted octanol–water partition coefficient (Wildman–Crippen LogP) is 20.7. The summed E-state index contributed by atoms with van der Waals surface area (Å²) >= 11 is 0. The van der Waals surface area contributed by atoms with Crippen LogP contribution in [0.1, 0.15) is 278 Å². The molecule has 73 heavy (non-hydrogen) atoms. The van der Waals surface area contributed by atoms with Crippen LogP contribution in [0.15, 0.2) is 109 Å². The average Bonchev–Trinajstić information content (AvgIpc) is 3.39. The number of carbonyl (C=O) groups excluding carboxylic acids is 3. The van der Waals surface area contributed by atoms with Crippen LogP contribution in [0.2, 0.25) is 0 Å². The van der Waals surface area contributed by atoms with Gasteiger partial charge < -0.3 is 14.2 Å². The molecule has 0 aromatic carbocycles. The zero-order valence-electron chi connectivity index (χ0n) is 47.6. The second-order valence-electron chi connectivity index (χ2n) is 19.9. The molecular weight excluding hydrogens is 901 g/mol. The number of rotatable bonds is 54. The molecule has 1 atom stereocenters. The van der Waals surface area contributed by atoms with Crippen molar-refractivity contribution in [1.82, 2.24) is 0 Å². The van der Waals surface area contributed by atoms with Gasteiger partial charge in [-0.2, -0.15) is 0 Å². The SMILES string of the molecule is CC/C=C\C/C=C\C/C=C\C/C=C\C/C=C\C/C=C\C/C=C\C/C=C\C/C=C\CCCCCC(=O)OCC(COC(=O)CCCCCCC)OC(=O)CCCCCCCCCCCCCCCCCCCCC. The summed E-state index contributed by atoms with van der Waals surface area (Å²) in [7, 11) is 0. The maximum atomic E-state index is 12.8. The quantitative estimate of drug-likeness (QED) is 0.0261. The van der Waals surface area contributed by atoms with Gasteiger partial charge >= 0.3 is 17.9 Å². The van der Waals surface area contributed by atoms with Crippen LogP contribution in [0.5, 0.6) is 0 Å². The Labute approximate surface area is 450 Å². The van der Waals surface area contributed by atoms with Crippen LogP contribution in [0.3, 0.4) is 0 Å². The molecule has 0 heterocycles. The molecule has 0 bridgehead atoms. The minimum Gasteiger partial charge on any atom is -0.462 e. The molecule has 0 aliphatic heterocycles. The van der Waals surface area contributed by atoms with Crippen molar-refractivity contribution in [3.63, 3.8) is 0 Å². The number of allylic oxidation sites excluding steroid dienone is 18. The van der Waals surface area contributed by atoms with Crippen molar-refractivity contribution in [3.8, 4) is 0 Å². The maximum absolute atomic E-state index is 12.8. The van der Waals surface area contributed by atoms with Crippen molar-refractivity contribution in [2.24, 2.45) is 0 Å². The summed E-state index contributed by atoms with van der Waals surface area (Å²) < 4.78 is 16.7. The molecule has 0 N–H and O–H groups in total. The molecule has 0 fully saturated rings. The Bertz CT molecular complexity index is 1490. The van der Waals surface area contributed by atoms with Crippen LogP contribution in [-0.2, 0) is 28.6 Å². The lowest BCUT2D eigenvalue weighted by Gasteiger charge is -2.18. The van der Waals surface area contributed by atoms with Gasteiger partial charge in [0.1, 0.15) is 13.2 Å². The summed E-state index contributed by atoms with van der Waals surface area (Å²) in [5, 5.41) is 0. The van der Waals surface area contributed by atoms with E-state index in [-0.39, 0.29) is 31.1 Å². The van der Waals surface area contributed by atoms with Crippen LogP contribution < -0.4 is 0 Å². The Morgan fingerprint density at radius 2 is 0.534 bits per heavy atom. The zero-order chi connectivity index (χ0) is 52.9. The van der Waals surface area contributed by atoms with Gasteiger partial charge in [-0.05, 0) is 89.9 Å². The van der Waals surface area contributed by atoms with Crippen LogP contribution in [0.25, 0.3) is 0 Å². The topological polar surface area (TPSA) is 78.9 Å². The molecule has 416 valence electrons. The smallest absolute Gasteiger partial charge is 0.306 e. The van der Waals surface area contributed by atoms with Gasteiger partial charge in [-0.1, -0.05) is 278 Å². The Balaban J connectivity index is 4.16. The fourth-order valence-electron chi connectivity index (χ4n) is 8.26. The van der Waals surface area contributed by atoms with Crippen molar-refractivity contribution >= 4 is 17.9 Å². The highest BCUT2D eigenvalue weighted by atomic mass is 16.6. The average molecular weight is 1010 g/mol. The highest BCUT2D eigenvalue weighted by Gasteiger charge is 2.19. The van der Waals surface area contributed by atoms with Crippen LogP contribution in [0, 0.1) is 0 Å². The number of unbranched alkanes of at least 4 members (excludes halogenated alkanes) is 25. The monoisotopic (exact) mass is 1010 g/mol. The number of ether oxygens (including phenoxy) is 3. The van der Waals surface area contributed by atoms with E-state index in [9.17, 15) is 14.4 Å². The molecule has 0 saturated heterocycles. The number of hydrogen-bond acceptors (Lipinski definition) is 6. The van der Waals surface area contributed by atoms with E-state index in [1.165, 1.54) is 109 Å². The normalized spacial score (nSPS) is 12.9. The highest BCUT2D eigenvalue weighted by Crippen LogP contribution is 2.16. The minimum atomic E-state index is -0.788. The number of carbonyl (C=O) groups is 3.